The van der Waals surface area contributed by atoms with Crippen LogP contribution in [0.4, 0.5) is 0 Å². The minimum absolute atomic E-state index is 0.143. The second kappa shape index (κ2) is 3.06. The van der Waals surface area contributed by atoms with Gasteiger partial charge < -0.3 is 14.9 Å². The minimum Gasteiger partial charge on any atom is -0.387 e. The van der Waals surface area contributed by atoms with Crippen LogP contribution >= 0.6 is 0 Å². The molecule has 2 heterocycles. The Bertz CT molecular complexity index is 591. The second-order valence-electron chi connectivity index (χ2n) is 4.63. The molecule has 0 aromatic carbocycles. The summed E-state index contributed by atoms with van der Waals surface area (Å²) in [4.78, 5) is 24.9. The average molecular weight is 240 g/mol. The van der Waals surface area contributed by atoms with Crippen molar-refractivity contribution >= 4 is 0 Å². The smallest absolute Gasteiger partial charge is 0.330 e. The van der Waals surface area contributed by atoms with E-state index in [1.165, 1.54) is 10.8 Å². The predicted molar refractivity (Wildman–Crippen MR) is 55.5 cm³/mol. The zero-order chi connectivity index (χ0) is 12.4. The van der Waals surface area contributed by atoms with E-state index in [1.807, 2.05) is 0 Å². The molecule has 2 aliphatic rings. The maximum Gasteiger partial charge on any atom is 0.330 e. The SMILES string of the molecule is Cc1cn([C@H]2CC3(O)C(O)C3O2)c(=O)[nH]c1=O. The molecule has 1 saturated heterocycles. The van der Waals surface area contributed by atoms with E-state index in [0.29, 0.717) is 5.56 Å². The molecule has 17 heavy (non-hydrogen) atoms. The van der Waals surface area contributed by atoms with Crippen molar-refractivity contribution in [2.75, 3.05) is 0 Å². The van der Waals surface area contributed by atoms with Gasteiger partial charge in [-0.25, -0.2) is 4.79 Å². The van der Waals surface area contributed by atoms with Gasteiger partial charge in [-0.05, 0) is 6.92 Å². The standard InChI is InChI=1S/C10H12N2O5/c1-4-3-12(9(15)11-8(4)14)5-2-10(16)6(13)7(10)17-5/h3,5-7,13,16H,2H2,1H3,(H,11,14,15)/t5-,6?,7?,10?/m1/s1. The molecule has 1 aliphatic heterocycles. The fourth-order valence-corrected chi connectivity index (χ4v) is 2.26. The lowest BCUT2D eigenvalue weighted by Crippen LogP contribution is -2.34. The number of aliphatic hydroxyl groups is 2. The Morgan fingerprint density at radius 2 is 2.29 bits per heavy atom. The van der Waals surface area contributed by atoms with Crippen molar-refractivity contribution in [3.63, 3.8) is 0 Å². The Hall–Kier alpha value is -1.44. The third-order valence-corrected chi connectivity index (χ3v) is 3.44. The van der Waals surface area contributed by atoms with E-state index in [-0.39, 0.29) is 6.42 Å². The zero-order valence-corrected chi connectivity index (χ0v) is 9.08. The summed E-state index contributed by atoms with van der Waals surface area (Å²) >= 11 is 0. The van der Waals surface area contributed by atoms with Gasteiger partial charge >= 0.3 is 5.69 Å². The topological polar surface area (TPSA) is 105 Å². The molecule has 3 N–H and O–H groups in total. The highest BCUT2D eigenvalue weighted by atomic mass is 16.6. The van der Waals surface area contributed by atoms with E-state index >= 15 is 0 Å². The number of nitrogens with one attached hydrogen (secondary N) is 1. The van der Waals surface area contributed by atoms with E-state index in [4.69, 9.17) is 4.74 Å². The van der Waals surface area contributed by atoms with Crippen LogP contribution in [0.15, 0.2) is 15.8 Å². The highest BCUT2D eigenvalue weighted by Crippen LogP contribution is 2.52. The molecule has 1 aromatic heterocycles. The van der Waals surface area contributed by atoms with Gasteiger partial charge in [-0.2, -0.15) is 0 Å². The lowest BCUT2D eigenvalue weighted by Gasteiger charge is -2.17. The number of ether oxygens (including phenoxy) is 1. The van der Waals surface area contributed by atoms with Crippen LogP contribution in [0, 0.1) is 6.92 Å². The molecule has 3 rings (SSSR count). The van der Waals surface area contributed by atoms with Crippen molar-refractivity contribution in [1.82, 2.24) is 9.55 Å². The zero-order valence-electron chi connectivity index (χ0n) is 9.08. The predicted octanol–water partition coefficient (Wildman–Crippen LogP) is -1.76. The number of aryl methyl sites for hydroxylation is 1. The van der Waals surface area contributed by atoms with Gasteiger partial charge in [0.05, 0.1) is 0 Å². The number of aromatic amines is 1. The van der Waals surface area contributed by atoms with Gasteiger partial charge in [-0.1, -0.05) is 0 Å². The van der Waals surface area contributed by atoms with Crippen LogP contribution in [0.5, 0.6) is 0 Å². The fourth-order valence-electron chi connectivity index (χ4n) is 2.26. The first-order valence-corrected chi connectivity index (χ1v) is 5.31. The number of rotatable bonds is 1. The molecule has 1 aliphatic carbocycles. The summed E-state index contributed by atoms with van der Waals surface area (Å²) in [5.74, 6) is 0. The van der Waals surface area contributed by atoms with E-state index in [2.05, 4.69) is 4.98 Å². The third-order valence-electron chi connectivity index (χ3n) is 3.44. The number of hydrogen-bond donors (Lipinski definition) is 3. The first-order chi connectivity index (χ1) is 7.93. The summed E-state index contributed by atoms with van der Waals surface area (Å²) < 4.78 is 6.58. The molecular weight excluding hydrogens is 228 g/mol. The number of hydrogen-bond acceptors (Lipinski definition) is 5. The van der Waals surface area contributed by atoms with Crippen molar-refractivity contribution < 1.29 is 14.9 Å². The van der Waals surface area contributed by atoms with Gasteiger partial charge in [0, 0.05) is 18.2 Å². The molecule has 1 aromatic rings. The molecule has 7 heteroatoms. The highest BCUT2D eigenvalue weighted by molar-refractivity contribution is 5.20. The molecule has 92 valence electrons. The lowest BCUT2D eigenvalue weighted by molar-refractivity contribution is -0.0164. The summed E-state index contributed by atoms with van der Waals surface area (Å²) in [5, 5.41) is 19.1. The van der Waals surface area contributed by atoms with Gasteiger partial charge in [0.25, 0.3) is 5.56 Å². The Morgan fingerprint density at radius 1 is 1.59 bits per heavy atom. The van der Waals surface area contributed by atoms with Crippen LogP contribution in [-0.4, -0.2) is 37.6 Å². The van der Waals surface area contributed by atoms with Gasteiger partial charge in [-0.15, -0.1) is 0 Å². The number of H-pyrrole nitrogens is 1. The van der Waals surface area contributed by atoms with Crippen molar-refractivity contribution in [1.29, 1.82) is 0 Å². The van der Waals surface area contributed by atoms with Crippen LogP contribution < -0.4 is 11.2 Å². The van der Waals surface area contributed by atoms with E-state index in [9.17, 15) is 19.8 Å². The van der Waals surface area contributed by atoms with E-state index in [1.54, 1.807) is 6.92 Å². The Balaban J connectivity index is 1.95. The minimum atomic E-state index is -1.24. The normalized spacial score (nSPS) is 39.1. The van der Waals surface area contributed by atoms with Crippen LogP contribution in [0.25, 0.3) is 0 Å². The summed E-state index contributed by atoms with van der Waals surface area (Å²) in [7, 11) is 0. The molecule has 0 bridgehead atoms. The third kappa shape index (κ3) is 1.33. The first-order valence-electron chi connectivity index (χ1n) is 5.31. The molecule has 7 nitrogen and oxygen atoms in total. The van der Waals surface area contributed by atoms with Crippen molar-refractivity contribution in [2.45, 2.75) is 37.4 Å². The molecule has 0 radical (unpaired) electrons. The summed E-state index contributed by atoms with van der Waals surface area (Å²) in [6.07, 6.45) is -0.613. The lowest BCUT2D eigenvalue weighted by atomic mass is 10.2. The summed E-state index contributed by atoms with van der Waals surface area (Å²) in [5.41, 5.74) is -1.87. The quantitative estimate of drug-likeness (QED) is 0.539. The molecule has 4 atom stereocenters. The summed E-state index contributed by atoms with van der Waals surface area (Å²) in [6.45, 7) is 1.58. The van der Waals surface area contributed by atoms with Crippen LogP contribution in [-0.2, 0) is 4.74 Å². The monoisotopic (exact) mass is 240 g/mol. The number of aliphatic hydroxyl groups excluding tert-OH is 1. The van der Waals surface area contributed by atoms with Crippen molar-refractivity contribution in [3.8, 4) is 0 Å². The van der Waals surface area contributed by atoms with E-state index in [0.717, 1.165) is 0 Å². The molecule has 1 saturated carbocycles. The molecular formula is C10H12N2O5. The Labute approximate surface area is 95.3 Å². The van der Waals surface area contributed by atoms with Crippen LogP contribution in [0.3, 0.4) is 0 Å². The second-order valence-corrected chi connectivity index (χ2v) is 4.63. The van der Waals surface area contributed by atoms with Gasteiger partial charge in [-0.3, -0.25) is 14.3 Å². The van der Waals surface area contributed by atoms with Gasteiger partial charge in [0.15, 0.2) is 0 Å². The highest BCUT2D eigenvalue weighted by Gasteiger charge is 2.71. The molecule has 0 amide bonds. The number of nitrogens with zero attached hydrogens (tertiary/aromatic N) is 1. The molecule has 2 fully saturated rings. The van der Waals surface area contributed by atoms with Gasteiger partial charge in [0.1, 0.15) is 24.0 Å². The summed E-state index contributed by atoms with van der Waals surface area (Å²) in [6, 6.07) is 0. The molecule has 3 unspecified atom stereocenters. The number of fused-ring (bicyclic) bond motifs is 1. The average Bonchev–Trinajstić information content (AvgIpc) is 2.63. The maximum absolute atomic E-state index is 11.6. The Morgan fingerprint density at radius 3 is 2.88 bits per heavy atom. The van der Waals surface area contributed by atoms with Crippen LogP contribution in [0.1, 0.15) is 18.2 Å². The van der Waals surface area contributed by atoms with Crippen molar-refractivity contribution in [2.24, 2.45) is 0 Å². The molecule has 0 spiro atoms. The first kappa shape index (κ1) is 10.7. The largest absolute Gasteiger partial charge is 0.387 e. The Kier molecular flexibility index (Phi) is 1.93. The van der Waals surface area contributed by atoms with Crippen LogP contribution in [0.2, 0.25) is 0 Å². The van der Waals surface area contributed by atoms with E-state index < -0.39 is 35.3 Å². The maximum atomic E-state index is 11.6. The van der Waals surface area contributed by atoms with Crippen molar-refractivity contribution in [3.05, 3.63) is 32.6 Å². The fraction of sp³-hybridized carbons (Fsp3) is 0.600. The van der Waals surface area contributed by atoms with Gasteiger partial charge in [0.2, 0.25) is 0 Å². The number of aromatic nitrogens is 2.